The van der Waals surface area contributed by atoms with Gasteiger partial charge in [-0.25, -0.2) is 4.68 Å². The number of hydrogen-bond acceptors (Lipinski definition) is 5. The zero-order valence-electron chi connectivity index (χ0n) is 14.0. The van der Waals surface area contributed by atoms with Gasteiger partial charge in [-0.05, 0) is 18.9 Å². The molecule has 2 aliphatic heterocycles. The number of hydrogen-bond donors (Lipinski definition) is 2. The van der Waals surface area contributed by atoms with Gasteiger partial charge in [0.2, 0.25) is 5.91 Å². The molecule has 0 aliphatic carbocycles. The molecule has 0 bridgehead atoms. The van der Waals surface area contributed by atoms with E-state index in [1.165, 1.54) is 4.68 Å². The maximum absolute atomic E-state index is 13.2. The van der Waals surface area contributed by atoms with Crippen molar-refractivity contribution in [3.05, 3.63) is 47.0 Å². The van der Waals surface area contributed by atoms with Gasteiger partial charge < -0.3 is 15.5 Å². The van der Waals surface area contributed by atoms with Crippen molar-refractivity contribution in [1.29, 1.82) is 0 Å². The van der Waals surface area contributed by atoms with Crippen LogP contribution in [0, 0.1) is 0 Å². The molecule has 3 heterocycles. The molecule has 130 valence electrons. The second kappa shape index (κ2) is 6.33. The fourth-order valence-electron chi connectivity index (χ4n) is 3.58. The largest absolute Gasteiger partial charge is 0.368 e. The van der Waals surface area contributed by atoms with Gasteiger partial charge in [0.25, 0.3) is 5.56 Å². The topological polar surface area (TPSA) is 79.3 Å². The summed E-state index contributed by atoms with van der Waals surface area (Å²) in [5.41, 5.74) is 1.40. The van der Waals surface area contributed by atoms with Crippen LogP contribution in [0.3, 0.4) is 0 Å². The lowest BCUT2D eigenvalue weighted by atomic mass is 10.0. The molecule has 1 aromatic heterocycles. The van der Waals surface area contributed by atoms with Crippen molar-refractivity contribution in [1.82, 2.24) is 20.4 Å². The maximum atomic E-state index is 13.2. The molecule has 1 atom stereocenters. The van der Waals surface area contributed by atoms with Gasteiger partial charge in [-0.2, -0.15) is 5.10 Å². The lowest BCUT2D eigenvalue weighted by Crippen LogP contribution is -2.44. The summed E-state index contributed by atoms with van der Waals surface area (Å²) in [6.07, 6.45) is 2.88. The van der Waals surface area contributed by atoms with E-state index in [1.54, 1.807) is 6.20 Å². The second-order valence-electron chi connectivity index (χ2n) is 6.52. The number of anilines is 1. The van der Waals surface area contributed by atoms with E-state index < -0.39 is 6.04 Å². The lowest BCUT2D eigenvalue weighted by molar-refractivity contribution is -0.125. The van der Waals surface area contributed by atoms with E-state index in [-0.39, 0.29) is 11.5 Å². The molecular formula is C18H21N5O2. The lowest BCUT2D eigenvalue weighted by Gasteiger charge is -2.30. The van der Waals surface area contributed by atoms with Gasteiger partial charge >= 0.3 is 0 Å². The molecule has 4 rings (SSSR count). The molecular weight excluding hydrogens is 318 g/mol. The zero-order valence-corrected chi connectivity index (χ0v) is 14.0. The average molecular weight is 339 g/mol. The number of carbonyl (C=O) groups excluding carboxylic acids is 1. The number of amides is 1. The minimum absolute atomic E-state index is 0.209. The number of aromatic nitrogens is 2. The fraction of sp³-hybridized carbons (Fsp3) is 0.389. The van der Waals surface area contributed by atoms with Crippen molar-refractivity contribution in [2.45, 2.75) is 18.9 Å². The third-order valence-electron chi connectivity index (χ3n) is 4.89. The number of fused-ring (bicyclic) bond motifs is 1. The molecule has 7 heteroatoms. The molecule has 1 unspecified atom stereocenters. The van der Waals surface area contributed by atoms with Crippen LogP contribution in [0.2, 0.25) is 0 Å². The Morgan fingerprint density at radius 3 is 2.76 bits per heavy atom. The first-order valence-corrected chi connectivity index (χ1v) is 8.60. The first kappa shape index (κ1) is 15.8. The molecule has 7 nitrogen and oxygen atoms in total. The van der Waals surface area contributed by atoms with Gasteiger partial charge in [-0.15, -0.1) is 0 Å². The van der Waals surface area contributed by atoms with Gasteiger partial charge in [0.15, 0.2) is 0 Å². The molecule has 1 amide bonds. The van der Waals surface area contributed by atoms with Crippen LogP contribution >= 0.6 is 0 Å². The van der Waals surface area contributed by atoms with Crippen molar-refractivity contribution in [2.24, 2.45) is 0 Å². The van der Waals surface area contributed by atoms with Gasteiger partial charge in [-0.1, -0.05) is 18.7 Å². The smallest absolute Gasteiger partial charge is 0.277 e. The zero-order chi connectivity index (χ0) is 17.4. The Kier molecular flexibility index (Phi) is 4.01. The van der Waals surface area contributed by atoms with Crippen molar-refractivity contribution >= 4 is 22.4 Å². The van der Waals surface area contributed by atoms with E-state index in [2.05, 4.69) is 27.2 Å². The van der Waals surface area contributed by atoms with Crippen LogP contribution in [-0.2, 0) is 4.79 Å². The van der Waals surface area contributed by atoms with Crippen LogP contribution in [0.1, 0.15) is 18.9 Å². The summed E-state index contributed by atoms with van der Waals surface area (Å²) >= 11 is 0. The summed E-state index contributed by atoms with van der Waals surface area (Å²) in [7, 11) is 0. The summed E-state index contributed by atoms with van der Waals surface area (Å²) in [4.78, 5) is 27.7. The minimum atomic E-state index is -0.585. The number of piperazine rings is 1. The molecule has 2 N–H and O–H groups in total. The summed E-state index contributed by atoms with van der Waals surface area (Å²) in [6, 6.07) is 5.23. The summed E-state index contributed by atoms with van der Waals surface area (Å²) in [5, 5.41) is 11.8. The van der Waals surface area contributed by atoms with E-state index in [1.807, 2.05) is 18.2 Å². The van der Waals surface area contributed by atoms with Crippen LogP contribution in [0.5, 0.6) is 0 Å². The minimum Gasteiger partial charge on any atom is -0.368 e. The number of carbonyl (C=O) groups is 1. The van der Waals surface area contributed by atoms with Gasteiger partial charge in [0, 0.05) is 37.3 Å². The molecule has 25 heavy (non-hydrogen) atoms. The van der Waals surface area contributed by atoms with E-state index in [9.17, 15) is 9.59 Å². The number of rotatable bonds is 2. The standard InChI is InChI=1S/C18H21N5O2/c1-12-5-6-15(17(24)21-12)23-18(25)16-13(11-20-23)3-2-4-14(16)22-9-7-19-8-10-22/h2-4,11,15,19H,1,5-10H2,(H,21,24). The highest BCUT2D eigenvalue weighted by Gasteiger charge is 2.28. The first-order chi connectivity index (χ1) is 12.1. The van der Waals surface area contributed by atoms with Crippen LogP contribution in [0.25, 0.3) is 10.8 Å². The van der Waals surface area contributed by atoms with E-state index in [0.29, 0.717) is 23.9 Å². The van der Waals surface area contributed by atoms with Gasteiger partial charge in [-0.3, -0.25) is 9.59 Å². The molecule has 1 aromatic carbocycles. The Morgan fingerprint density at radius 1 is 1.20 bits per heavy atom. The van der Waals surface area contributed by atoms with Crippen molar-refractivity contribution < 1.29 is 4.79 Å². The Labute approximate surface area is 145 Å². The Balaban J connectivity index is 1.82. The molecule has 2 aromatic rings. The van der Waals surface area contributed by atoms with Crippen molar-refractivity contribution in [3.8, 4) is 0 Å². The quantitative estimate of drug-likeness (QED) is 0.845. The first-order valence-electron chi connectivity index (χ1n) is 8.60. The highest BCUT2D eigenvalue weighted by Crippen LogP contribution is 2.25. The Hall–Kier alpha value is -2.67. The van der Waals surface area contributed by atoms with Crippen molar-refractivity contribution in [2.75, 3.05) is 31.1 Å². The van der Waals surface area contributed by atoms with Crippen LogP contribution < -0.4 is 21.1 Å². The summed E-state index contributed by atoms with van der Waals surface area (Å²) in [5.74, 6) is -0.218. The van der Waals surface area contributed by atoms with Crippen LogP contribution in [0.15, 0.2) is 41.5 Å². The Bertz CT molecular complexity index is 898. The highest BCUT2D eigenvalue weighted by atomic mass is 16.2. The van der Waals surface area contributed by atoms with Crippen LogP contribution in [0.4, 0.5) is 5.69 Å². The predicted octanol–water partition coefficient (Wildman–Crippen LogP) is 0.771. The predicted molar refractivity (Wildman–Crippen MR) is 96.6 cm³/mol. The van der Waals surface area contributed by atoms with E-state index in [4.69, 9.17) is 0 Å². The van der Waals surface area contributed by atoms with E-state index >= 15 is 0 Å². The SMILES string of the molecule is C=C1CCC(n2ncc3cccc(N4CCNCC4)c3c2=O)C(=O)N1. The maximum Gasteiger partial charge on any atom is 0.277 e. The third-order valence-corrected chi connectivity index (χ3v) is 4.89. The summed E-state index contributed by atoms with van der Waals surface area (Å²) < 4.78 is 1.33. The number of allylic oxidation sites excluding steroid dienone is 1. The van der Waals surface area contributed by atoms with Gasteiger partial charge in [0.1, 0.15) is 6.04 Å². The summed E-state index contributed by atoms with van der Waals surface area (Å²) in [6.45, 7) is 7.27. The average Bonchev–Trinajstić information content (AvgIpc) is 2.63. The van der Waals surface area contributed by atoms with E-state index in [0.717, 1.165) is 37.3 Å². The number of piperidine rings is 1. The monoisotopic (exact) mass is 339 g/mol. The molecule has 0 spiro atoms. The van der Waals surface area contributed by atoms with Crippen molar-refractivity contribution in [3.63, 3.8) is 0 Å². The Morgan fingerprint density at radius 2 is 2.00 bits per heavy atom. The number of nitrogens with one attached hydrogen (secondary N) is 2. The molecule has 2 saturated heterocycles. The third kappa shape index (κ3) is 2.80. The second-order valence-corrected chi connectivity index (χ2v) is 6.52. The van der Waals surface area contributed by atoms with Gasteiger partial charge in [0.05, 0.1) is 17.3 Å². The molecule has 2 aliphatic rings. The van der Waals surface area contributed by atoms with Crippen LogP contribution in [-0.4, -0.2) is 41.9 Å². The highest BCUT2D eigenvalue weighted by molar-refractivity contribution is 5.93. The number of benzene rings is 1. The number of nitrogens with zero attached hydrogens (tertiary/aromatic N) is 3. The molecule has 0 saturated carbocycles. The molecule has 2 fully saturated rings. The normalized spacial score (nSPS) is 21.4. The molecule has 0 radical (unpaired) electrons. The fourth-order valence-corrected chi connectivity index (χ4v) is 3.58.